The predicted octanol–water partition coefficient (Wildman–Crippen LogP) is 1.65. The van der Waals surface area contributed by atoms with E-state index in [0.717, 1.165) is 0 Å². The molecule has 0 saturated carbocycles. The van der Waals surface area contributed by atoms with Gasteiger partial charge in [0, 0.05) is 19.4 Å². The number of carbonyl (C=O) groups is 2. The third kappa shape index (κ3) is 8.66. The van der Waals surface area contributed by atoms with E-state index >= 15 is 0 Å². The summed E-state index contributed by atoms with van der Waals surface area (Å²) in [5.41, 5.74) is 0. The molecule has 6 nitrogen and oxygen atoms in total. The molecule has 0 bridgehead atoms. The van der Waals surface area contributed by atoms with Crippen molar-refractivity contribution in [1.29, 1.82) is 0 Å². The van der Waals surface area contributed by atoms with Gasteiger partial charge in [-0.3, -0.25) is 9.59 Å². The van der Waals surface area contributed by atoms with Crippen molar-refractivity contribution in [3.05, 3.63) is 12.2 Å². The number of aliphatic hydroxyl groups excluding tert-OH is 1. The molecule has 0 rings (SSSR count). The third-order valence-corrected chi connectivity index (χ3v) is 2.29. The van der Waals surface area contributed by atoms with Crippen LogP contribution in [-0.4, -0.2) is 34.7 Å². The normalized spacial score (nSPS) is 11.6. The van der Waals surface area contributed by atoms with Crippen molar-refractivity contribution in [3.63, 3.8) is 0 Å². The van der Waals surface area contributed by atoms with Gasteiger partial charge in [0.1, 0.15) is 0 Å². The molecule has 0 fully saturated rings. The zero-order valence-electron chi connectivity index (χ0n) is 12.1. The molecule has 0 aromatic heterocycles. The number of rotatable bonds is 10. The first kappa shape index (κ1) is 18.6. The summed E-state index contributed by atoms with van der Waals surface area (Å²) < 4.78 is 9.67. The van der Waals surface area contributed by atoms with Crippen molar-refractivity contribution in [2.24, 2.45) is 0 Å². The summed E-state index contributed by atoms with van der Waals surface area (Å²) in [6.45, 7) is 3.56. The zero-order valence-corrected chi connectivity index (χ0v) is 12.1. The molecule has 0 amide bonds. The minimum Gasteiger partial charge on any atom is -0.398 e. The molecule has 0 heterocycles. The van der Waals surface area contributed by atoms with Crippen molar-refractivity contribution in [1.82, 2.24) is 0 Å². The minimum absolute atomic E-state index is 0.0276. The van der Waals surface area contributed by atoms with E-state index in [-0.39, 0.29) is 25.9 Å². The fourth-order valence-electron chi connectivity index (χ4n) is 1.39. The number of hydrogen-bond donors (Lipinski definition) is 2. The Morgan fingerprint density at radius 2 is 1.55 bits per heavy atom. The quantitative estimate of drug-likeness (QED) is 0.361. The molecular weight excluding hydrogens is 264 g/mol. The van der Waals surface area contributed by atoms with Gasteiger partial charge in [0.25, 0.3) is 0 Å². The predicted molar refractivity (Wildman–Crippen MR) is 72.4 cm³/mol. The standard InChI is InChI=1S/C14H24O6/c1-3-8-12(16)19-14(18,10-6-5-7-11-15)20-13(17)9-4-2/h5-6,15,18H,3-4,7-11H2,1-2H3/b6-5+. The van der Waals surface area contributed by atoms with Crippen LogP contribution in [0.4, 0.5) is 0 Å². The van der Waals surface area contributed by atoms with Crippen LogP contribution < -0.4 is 0 Å². The van der Waals surface area contributed by atoms with E-state index < -0.39 is 17.9 Å². The molecule has 0 aliphatic heterocycles. The molecule has 0 atom stereocenters. The molecule has 0 unspecified atom stereocenters. The molecule has 2 N–H and O–H groups in total. The van der Waals surface area contributed by atoms with E-state index in [1.54, 1.807) is 19.9 Å². The lowest BCUT2D eigenvalue weighted by Crippen LogP contribution is -2.39. The first-order valence-electron chi connectivity index (χ1n) is 6.89. The molecule has 20 heavy (non-hydrogen) atoms. The van der Waals surface area contributed by atoms with Crippen molar-refractivity contribution < 1.29 is 29.3 Å². The number of aliphatic hydroxyl groups is 2. The SMILES string of the molecule is CCCC(=O)OC(O)(C/C=C/CCO)OC(=O)CCC. The second-order valence-corrected chi connectivity index (χ2v) is 4.35. The Bertz CT molecular complexity index is 304. The van der Waals surface area contributed by atoms with E-state index in [1.807, 2.05) is 0 Å². The van der Waals surface area contributed by atoms with Crippen LogP contribution in [0, 0.1) is 0 Å². The summed E-state index contributed by atoms with van der Waals surface area (Å²) >= 11 is 0. The monoisotopic (exact) mass is 288 g/mol. The lowest BCUT2D eigenvalue weighted by atomic mass is 10.3. The number of carbonyl (C=O) groups excluding carboxylic acids is 2. The number of hydrogen-bond acceptors (Lipinski definition) is 6. The Morgan fingerprint density at radius 1 is 1.05 bits per heavy atom. The van der Waals surface area contributed by atoms with Gasteiger partial charge in [-0.05, 0) is 19.3 Å². The van der Waals surface area contributed by atoms with E-state index in [4.69, 9.17) is 14.6 Å². The van der Waals surface area contributed by atoms with Gasteiger partial charge in [-0.25, -0.2) is 0 Å². The Balaban J connectivity index is 4.64. The van der Waals surface area contributed by atoms with Crippen LogP contribution >= 0.6 is 0 Å². The minimum atomic E-state index is -2.27. The first-order valence-corrected chi connectivity index (χ1v) is 6.89. The van der Waals surface area contributed by atoms with Gasteiger partial charge >= 0.3 is 17.9 Å². The Hall–Kier alpha value is -1.40. The fraction of sp³-hybridized carbons (Fsp3) is 0.714. The maximum Gasteiger partial charge on any atom is 0.376 e. The lowest BCUT2D eigenvalue weighted by Gasteiger charge is -2.25. The molecule has 0 aliphatic carbocycles. The molecule has 0 aliphatic rings. The summed E-state index contributed by atoms with van der Waals surface area (Å²) in [7, 11) is 0. The van der Waals surface area contributed by atoms with Gasteiger partial charge in [-0.2, -0.15) is 0 Å². The van der Waals surface area contributed by atoms with Crippen LogP contribution in [0.25, 0.3) is 0 Å². The van der Waals surface area contributed by atoms with E-state index in [2.05, 4.69) is 0 Å². The maximum absolute atomic E-state index is 11.4. The molecule has 0 radical (unpaired) electrons. The summed E-state index contributed by atoms with van der Waals surface area (Å²) in [4.78, 5) is 22.9. The molecule has 0 aromatic rings. The second-order valence-electron chi connectivity index (χ2n) is 4.35. The Kier molecular flexibility index (Phi) is 9.67. The number of esters is 2. The average Bonchev–Trinajstić information content (AvgIpc) is 2.35. The highest BCUT2D eigenvalue weighted by molar-refractivity contribution is 5.71. The van der Waals surface area contributed by atoms with Gasteiger partial charge in [-0.1, -0.05) is 26.0 Å². The van der Waals surface area contributed by atoms with Crippen molar-refractivity contribution in [3.8, 4) is 0 Å². The van der Waals surface area contributed by atoms with Gasteiger partial charge in [-0.15, -0.1) is 0 Å². The summed E-state index contributed by atoms with van der Waals surface area (Å²) in [6, 6.07) is 0. The fourth-order valence-corrected chi connectivity index (χ4v) is 1.39. The van der Waals surface area contributed by atoms with Gasteiger partial charge in [0.15, 0.2) is 0 Å². The Labute approximate surface area is 119 Å². The van der Waals surface area contributed by atoms with Crippen molar-refractivity contribution in [2.45, 2.75) is 58.3 Å². The van der Waals surface area contributed by atoms with Gasteiger partial charge < -0.3 is 19.7 Å². The van der Waals surface area contributed by atoms with Crippen molar-refractivity contribution >= 4 is 11.9 Å². The summed E-state index contributed by atoms with van der Waals surface area (Å²) in [5, 5.41) is 18.7. The van der Waals surface area contributed by atoms with Crippen LogP contribution in [0.3, 0.4) is 0 Å². The molecule has 0 aromatic carbocycles. The smallest absolute Gasteiger partial charge is 0.376 e. The van der Waals surface area contributed by atoms with Gasteiger partial charge in [0.05, 0.1) is 6.42 Å². The Morgan fingerprint density at radius 3 is 1.95 bits per heavy atom. The highest BCUT2D eigenvalue weighted by Crippen LogP contribution is 2.18. The topological polar surface area (TPSA) is 93.1 Å². The van der Waals surface area contributed by atoms with E-state index in [1.165, 1.54) is 6.08 Å². The largest absolute Gasteiger partial charge is 0.398 e. The van der Waals surface area contributed by atoms with Crippen LogP contribution in [0.15, 0.2) is 12.2 Å². The first-order chi connectivity index (χ1) is 9.47. The molecule has 116 valence electrons. The zero-order chi connectivity index (χ0) is 15.4. The highest BCUT2D eigenvalue weighted by Gasteiger charge is 2.34. The molecular formula is C14H24O6. The molecule has 0 spiro atoms. The second kappa shape index (κ2) is 10.4. The number of ether oxygens (including phenoxy) is 2. The highest BCUT2D eigenvalue weighted by atomic mass is 16.8. The van der Waals surface area contributed by atoms with Gasteiger partial charge in [0.2, 0.25) is 0 Å². The van der Waals surface area contributed by atoms with Crippen LogP contribution in [-0.2, 0) is 19.1 Å². The average molecular weight is 288 g/mol. The molecule has 0 saturated heterocycles. The van der Waals surface area contributed by atoms with Crippen molar-refractivity contribution in [2.75, 3.05) is 6.61 Å². The maximum atomic E-state index is 11.4. The van der Waals surface area contributed by atoms with Crippen LogP contribution in [0.1, 0.15) is 52.4 Å². The summed E-state index contributed by atoms with van der Waals surface area (Å²) in [5.74, 6) is -3.53. The lowest BCUT2D eigenvalue weighted by molar-refractivity contribution is -0.323. The van der Waals surface area contributed by atoms with Crippen LogP contribution in [0.2, 0.25) is 0 Å². The van der Waals surface area contributed by atoms with Crippen LogP contribution in [0.5, 0.6) is 0 Å². The third-order valence-electron chi connectivity index (χ3n) is 2.29. The van der Waals surface area contributed by atoms with E-state index in [9.17, 15) is 14.7 Å². The molecule has 6 heteroatoms. The summed E-state index contributed by atoms with van der Waals surface area (Å²) in [6.07, 6.45) is 4.74. The van der Waals surface area contributed by atoms with E-state index in [0.29, 0.717) is 19.3 Å².